The van der Waals surface area contributed by atoms with E-state index in [4.69, 9.17) is 11.6 Å². The number of rotatable bonds is 4. The molecular weight excluding hydrogens is 277 g/mol. The van der Waals surface area contributed by atoms with Crippen molar-refractivity contribution in [3.05, 3.63) is 15.5 Å². The Morgan fingerprint density at radius 1 is 1.65 bits per heavy atom. The van der Waals surface area contributed by atoms with Crippen LogP contribution in [0.5, 0.6) is 0 Å². The predicted molar refractivity (Wildman–Crippen MR) is 76.3 cm³/mol. The average molecular weight is 296 g/mol. The van der Waals surface area contributed by atoms with Crippen LogP contribution in [0.3, 0.4) is 0 Å². The van der Waals surface area contributed by atoms with Gasteiger partial charge in [-0.15, -0.1) is 23.7 Å². The van der Waals surface area contributed by atoms with Gasteiger partial charge in [-0.05, 0) is 38.9 Å². The topological polar surface area (TPSA) is 28.2 Å². The lowest BCUT2D eigenvalue weighted by atomic mass is 9.99. The molecule has 0 aliphatic carbocycles. The molecule has 1 aromatic rings. The Morgan fingerprint density at radius 2 is 2.47 bits per heavy atom. The normalized spacial score (nSPS) is 20.3. The highest BCUT2D eigenvalue weighted by atomic mass is 35.5. The van der Waals surface area contributed by atoms with Crippen LogP contribution < -0.4 is 5.32 Å². The molecule has 17 heavy (non-hydrogen) atoms. The molecule has 98 valence electrons. The highest BCUT2D eigenvalue weighted by molar-refractivity contribution is 7.15. The Morgan fingerprint density at radius 3 is 3.06 bits per heavy atom. The zero-order valence-electron chi connectivity index (χ0n) is 9.99. The van der Waals surface area contributed by atoms with Crippen LogP contribution in [-0.4, -0.2) is 36.6 Å². The van der Waals surface area contributed by atoms with E-state index in [1.54, 1.807) is 11.3 Å². The first-order chi connectivity index (χ1) is 7.74. The molecule has 1 aromatic heterocycles. The van der Waals surface area contributed by atoms with Gasteiger partial charge >= 0.3 is 0 Å². The van der Waals surface area contributed by atoms with Gasteiger partial charge < -0.3 is 10.2 Å². The first-order valence-corrected chi connectivity index (χ1v) is 6.93. The number of thiazole rings is 1. The number of halogens is 2. The molecule has 1 aliphatic heterocycles. The van der Waals surface area contributed by atoms with Crippen molar-refractivity contribution in [2.45, 2.75) is 19.4 Å². The SMILES string of the molecule is CN(Cc1cnc(Cl)s1)CC1CCCNC1.Cl. The van der Waals surface area contributed by atoms with E-state index in [0.717, 1.165) is 25.6 Å². The standard InChI is InChI=1S/C11H18ClN3S.ClH/c1-15(7-9-3-2-4-13-5-9)8-10-6-14-11(12)16-10;/h6,9,13H,2-5,7-8H2,1H3;1H. The summed E-state index contributed by atoms with van der Waals surface area (Å²) in [5, 5.41) is 3.45. The van der Waals surface area contributed by atoms with E-state index in [9.17, 15) is 0 Å². The van der Waals surface area contributed by atoms with Crippen molar-refractivity contribution >= 4 is 35.3 Å². The van der Waals surface area contributed by atoms with Crippen LogP contribution >= 0.6 is 35.3 Å². The van der Waals surface area contributed by atoms with Crippen LogP contribution in [0.1, 0.15) is 17.7 Å². The van der Waals surface area contributed by atoms with Crippen LogP contribution in [0.25, 0.3) is 0 Å². The number of nitrogens with zero attached hydrogens (tertiary/aromatic N) is 2. The molecule has 6 heteroatoms. The molecule has 0 bridgehead atoms. The van der Waals surface area contributed by atoms with Crippen molar-refractivity contribution in [2.75, 3.05) is 26.7 Å². The monoisotopic (exact) mass is 295 g/mol. The van der Waals surface area contributed by atoms with Crippen LogP contribution in [0.2, 0.25) is 4.47 Å². The molecule has 0 amide bonds. The molecule has 0 spiro atoms. The molecule has 1 saturated heterocycles. The van der Waals surface area contributed by atoms with Gasteiger partial charge in [0.2, 0.25) is 0 Å². The first kappa shape index (κ1) is 15.2. The Kier molecular flexibility index (Phi) is 6.74. The Balaban J connectivity index is 0.00000144. The van der Waals surface area contributed by atoms with E-state index in [1.165, 1.54) is 24.3 Å². The van der Waals surface area contributed by atoms with E-state index in [2.05, 4.69) is 22.2 Å². The van der Waals surface area contributed by atoms with Crippen LogP contribution in [-0.2, 0) is 6.54 Å². The maximum atomic E-state index is 5.81. The first-order valence-electron chi connectivity index (χ1n) is 5.73. The average Bonchev–Trinajstić information content (AvgIpc) is 2.65. The molecular formula is C11H19Cl2N3S. The summed E-state index contributed by atoms with van der Waals surface area (Å²) >= 11 is 7.39. The second-order valence-electron chi connectivity index (χ2n) is 4.49. The molecule has 2 rings (SSSR count). The van der Waals surface area contributed by atoms with Crippen LogP contribution in [0, 0.1) is 5.92 Å². The third kappa shape index (κ3) is 5.10. The highest BCUT2D eigenvalue weighted by Gasteiger charge is 2.15. The lowest BCUT2D eigenvalue weighted by Gasteiger charge is -2.27. The molecule has 1 atom stereocenters. The van der Waals surface area contributed by atoms with Crippen molar-refractivity contribution in [3.8, 4) is 0 Å². The van der Waals surface area contributed by atoms with E-state index in [1.807, 2.05) is 6.20 Å². The third-order valence-corrected chi connectivity index (χ3v) is 4.02. The van der Waals surface area contributed by atoms with Crippen molar-refractivity contribution in [2.24, 2.45) is 5.92 Å². The summed E-state index contributed by atoms with van der Waals surface area (Å²) in [7, 11) is 2.17. The summed E-state index contributed by atoms with van der Waals surface area (Å²) in [5.74, 6) is 0.794. The van der Waals surface area contributed by atoms with E-state index in [0.29, 0.717) is 4.47 Å². The number of aromatic nitrogens is 1. The fourth-order valence-corrected chi connectivity index (χ4v) is 3.27. The minimum Gasteiger partial charge on any atom is -0.316 e. The van der Waals surface area contributed by atoms with Gasteiger partial charge in [0, 0.05) is 24.2 Å². The Labute approximate surface area is 118 Å². The predicted octanol–water partition coefficient (Wildman–Crippen LogP) is 2.65. The van der Waals surface area contributed by atoms with Gasteiger partial charge in [0.15, 0.2) is 4.47 Å². The molecule has 0 aromatic carbocycles. The van der Waals surface area contributed by atoms with E-state index in [-0.39, 0.29) is 12.4 Å². The maximum Gasteiger partial charge on any atom is 0.183 e. The number of hydrogen-bond acceptors (Lipinski definition) is 4. The summed E-state index contributed by atoms with van der Waals surface area (Å²) in [5.41, 5.74) is 0. The van der Waals surface area contributed by atoms with Gasteiger partial charge in [0.1, 0.15) is 0 Å². The number of piperidine rings is 1. The molecule has 1 N–H and O–H groups in total. The second kappa shape index (κ2) is 7.54. The largest absolute Gasteiger partial charge is 0.316 e. The summed E-state index contributed by atoms with van der Waals surface area (Å²) in [6, 6.07) is 0. The molecule has 3 nitrogen and oxygen atoms in total. The Hall–Kier alpha value is 0.130. The summed E-state index contributed by atoms with van der Waals surface area (Å²) in [4.78, 5) is 7.67. The van der Waals surface area contributed by atoms with Crippen LogP contribution in [0.4, 0.5) is 0 Å². The van der Waals surface area contributed by atoms with Crippen LogP contribution in [0.15, 0.2) is 6.20 Å². The molecule has 2 heterocycles. The third-order valence-electron chi connectivity index (χ3n) is 2.92. The van der Waals surface area contributed by atoms with Gasteiger partial charge in [0.05, 0.1) is 0 Å². The number of hydrogen-bond donors (Lipinski definition) is 1. The van der Waals surface area contributed by atoms with E-state index >= 15 is 0 Å². The molecule has 0 radical (unpaired) electrons. The quantitative estimate of drug-likeness (QED) is 0.926. The minimum atomic E-state index is 0. The Bertz CT molecular complexity index is 326. The second-order valence-corrected chi connectivity index (χ2v) is 6.19. The fraction of sp³-hybridized carbons (Fsp3) is 0.727. The van der Waals surface area contributed by atoms with Gasteiger partial charge in [-0.1, -0.05) is 11.6 Å². The zero-order valence-corrected chi connectivity index (χ0v) is 12.4. The van der Waals surface area contributed by atoms with Crippen molar-refractivity contribution < 1.29 is 0 Å². The lowest BCUT2D eigenvalue weighted by molar-refractivity contribution is 0.239. The van der Waals surface area contributed by atoms with Crippen molar-refractivity contribution in [3.63, 3.8) is 0 Å². The molecule has 1 fully saturated rings. The molecule has 0 saturated carbocycles. The smallest absolute Gasteiger partial charge is 0.183 e. The fourth-order valence-electron chi connectivity index (χ4n) is 2.21. The molecule has 1 aliphatic rings. The molecule has 1 unspecified atom stereocenters. The van der Waals surface area contributed by atoms with Gasteiger partial charge in [0.25, 0.3) is 0 Å². The minimum absolute atomic E-state index is 0. The summed E-state index contributed by atoms with van der Waals surface area (Å²) in [6.45, 7) is 4.46. The van der Waals surface area contributed by atoms with Gasteiger partial charge in [-0.3, -0.25) is 0 Å². The van der Waals surface area contributed by atoms with Crippen molar-refractivity contribution in [1.82, 2.24) is 15.2 Å². The van der Waals surface area contributed by atoms with Gasteiger partial charge in [-0.25, -0.2) is 4.98 Å². The van der Waals surface area contributed by atoms with Gasteiger partial charge in [-0.2, -0.15) is 0 Å². The maximum absolute atomic E-state index is 5.81. The summed E-state index contributed by atoms with van der Waals surface area (Å²) < 4.78 is 0.641. The lowest BCUT2D eigenvalue weighted by Crippen LogP contribution is -2.36. The zero-order chi connectivity index (χ0) is 11.4. The number of nitrogens with one attached hydrogen (secondary N) is 1. The van der Waals surface area contributed by atoms with E-state index < -0.39 is 0 Å². The highest BCUT2D eigenvalue weighted by Crippen LogP contribution is 2.20. The van der Waals surface area contributed by atoms with Crippen molar-refractivity contribution in [1.29, 1.82) is 0 Å². The summed E-state index contributed by atoms with van der Waals surface area (Å²) in [6.07, 6.45) is 4.54.